The second-order valence-electron chi connectivity index (χ2n) is 4.34. The minimum atomic E-state index is -0.625. The summed E-state index contributed by atoms with van der Waals surface area (Å²) >= 11 is 0. The maximum atomic E-state index is 13.6. The zero-order valence-corrected chi connectivity index (χ0v) is 10.8. The number of nitrogens with one attached hydrogen (secondary N) is 1. The summed E-state index contributed by atoms with van der Waals surface area (Å²) in [6, 6.07) is 3.99. The van der Waals surface area contributed by atoms with Crippen LogP contribution in [-0.4, -0.2) is 15.7 Å². The van der Waals surface area contributed by atoms with E-state index >= 15 is 0 Å². The number of hydrogen-bond acceptors (Lipinski definition) is 3. The molecule has 2 aromatic rings. The third-order valence-electron chi connectivity index (χ3n) is 2.79. The molecule has 0 saturated carbocycles. The fourth-order valence-corrected chi connectivity index (χ4v) is 1.81. The molecular formula is C13H15FN4O. The lowest BCUT2D eigenvalue weighted by atomic mass is 10.1. The smallest absolute Gasteiger partial charge is 0.254 e. The third-order valence-corrected chi connectivity index (χ3v) is 2.79. The van der Waals surface area contributed by atoms with Gasteiger partial charge in [-0.3, -0.25) is 9.48 Å². The average molecular weight is 262 g/mol. The molecule has 5 nitrogen and oxygen atoms in total. The van der Waals surface area contributed by atoms with Gasteiger partial charge in [-0.2, -0.15) is 5.10 Å². The number of nitrogens with two attached hydrogens (primary N) is 1. The lowest BCUT2D eigenvalue weighted by Crippen LogP contribution is -2.24. The van der Waals surface area contributed by atoms with Crippen LogP contribution in [0.15, 0.2) is 24.4 Å². The standard InChI is InChI=1S/C13H15FN4O/c1-8-9(7-18(2)17-8)6-16-13(19)11-4-3-10(15)5-12(11)14/h3-5,7H,6,15H2,1-2H3,(H,16,19). The first-order valence-corrected chi connectivity index (χ1v) is 5.79. The Morgan fingerprint density at radius 1 is 1.53 bits per heavy atom. The van der Waals surface area contributed by atoms with Gasteiger partial charge in [0.2, 0.25) is 0 Å². The first-order valence-electron chi connectivity index (χ1n) is 5.79. The van der Waals surface area contributed by atoms with Crippen molar-refractivity contribution in [2.75, 3.05) is 5.73 Å². The lowest BCUT2D eigenvalue weighted by molar-refractivity contribution is 0.0947. The summed E-state index contributed by atoms with van der Waals surface area (Å²) in [5, 5.41) is 6.82. The molecule has 0 unspecified atom stereocenters. The Morgan fingerprint density at radius 3 is 2.84 bits per heavy atom. The van der Waals surface area contributed by atoms with Crippen LogP contribution in [0.5, 0.6) is 0 Å². The molecule has 6 heteroatoms. The van der Waals surface area contributed by atoms with Gasteiger partial charge in [-0.05, 0) is 25.1 Å². The molecule has 0 aliphatic rings. The zero-order valence-electron chi connectivity index (χ0n) is 10.8. The van der Waals surface area contributed by atoms with Crippen molar-refractivity contribution in [2.45, 2.75) is 13.5 Å². The first kappa shape index (κ1) is 13.1. The molecule has 19 heavy (non-hydrogen) atoms. The molecular weight excluding hydrogens is 247 g/mol. The third kappa shape index (κ3) is 2.90. The van der Waals surface area contributed by atoms with Gasteiger partial charge < -0.3 is 11.1 Å². The minimum absolute atomic E-state index is 0.0178. The molecule has 0 aliphatic heterocycles. The van der Waals surface area contributed by atoms with Crippen molar-refractivity contribution in [3.05, 3.63) is 47.0 Å². The van der Waals surface area contributed by atoms with Gasteiger partial charge in [-0.15, -0.1) is 0 Å². The topological polar surface area (TPSA) is 72.9 Å². The predicted octanol–water partition coefficient (Wildman–Crippen LogP) is 1.38. The molecule has 1 aromatic heterocycles. The monoisotopic (exact) mass is 262 g/mol. The summed E-state index contributed by atoms with van der Waals surface area (Å²) in [6.07, 6.45) is 1.81. The summed E-state index contributed by atoms with van der Waals surface area (Å²) in [7, 11) is 1.80. The molecule has 3 N–H and O–H groups in total. The molecule has 1 amide bonds. The highest BCUT2D eigenvalue weighted by molar-refractivity contribution is 5.94. The van der Waals surface area contributed by atoms with Gasteiger partial charge in [0.25, 0.3) is 5.91 Å². The molecule has 0 atom stereocenters. The first-order chi connectivity index (χ1) is 8.97. The molecule has 2 rings (SSSR count). The van der Waals surface area contributed by atoms with E-state index in [0.717, 1.165) is 17.3 Å². The number of carbonyl (C=O) groups excluding carboxylic acids is 1. The van der Waals surface area contributed by atoms with Gasteiger partial charge in [0, 0.05) is 31.0 Å². The van der Waals surface area contributed by atoms with E-state index in [2.05, 4.69) is 10.4 Å². The van der Waals surface area contributed by atoms with Crippen LogP contribution in [0.3, 0.4) is 0 Å². The molecule has 1 aromatic carbocycles. The molecule has 0 saturated heterocycles. The number of nitrogen functional groups attached to an aromatic ring is 1. The second kappa shape index (κ2) is 5.09. The summed E-state index contributed by atoms with van der Waals surface area (Å²) in [5.74, 6) is -1.10. The number of anilines is 1. The molecule has 0 radical (unpaired) electrons. The van der Waals surface area contributed by atoms with Gasteiger partial charge in [0.15, 0.2) is 0 Å². The highest BCUT2D eigenvalue weighted by Gasteiger charge is 2.12. The lowest BCUT2D eigenvalue weighted by Gasteiger charge is -2.06. The fourth-order valence-electron chi connectivity index (χ4n) is 1.81. The number of rotatable bonds is 3. The minimum Gasteiger partial charge on any atom is -0.399 e. The van der Waals surface area contributed by atoms with E-state index in [-0.39, 0.29) is 11.3 Å². The van der Waals surface area contributed by atoms with Crippen LogP contribution in [0.4, 0.5) is 10.1 Å². The van der Waals surface area contributed by atoms with Crippen LogP contribution in [0.25, 0.3) is 0 Å². The van der Waals surface area contributed by atoms with Gasteiger partial charge >= 0.3 is 0 Å². The zero-order chi connectivity index (χ0) is 14.0. The van der Waals surface area contributed by atoms with E-state index in [1.807, 2.05) is 13.1 Å². The number of aromatic nitrogens is 2. The molecule has 0 bridgehead atoms. The molecule has 100 valence electrons. The van der Waals surface area contributed by atoms with Crippen LogP contribution < -0.4 is 11.1 Å². The normalized spacial score (nSPS) is 10.5. The predicted molar refractivity (Wildman–Crippen MR) is 69.9 cm³/mol. The van der Waals surface area contributed by atoms with Crippen molar-refractivity contribution in [1.29, 1.82) is 0 Å². The van der Waals surface area contributed by atoms with Crippen LogP contribution >= 0.6 is 0 Å². The fraction of sp³-hybridized carbons (Fsp3) is 0.231. The summed E-state index contributed by atoms with van der Waals surface area (Å²) in [4.78, 5) is 11.8. The SMILES string of the molecule is Cc1nn(C)cc1CNC(=O)c1ccc(N)cc1F. The van der Waals surface area contributed by atoms with E-state index in [1.54, 1.807) is 11.7 Å². The number of amides is 1. The Hall–Kier alpha value is -2.37. The average Bonchev–Trinajstić information content (AvgIpc) is 2.65. The van der Waals surface area contributed by atoms with Gasteiger partial charge in [0.05, 0.1) is 11.3 Å². The Bertz CT molecular complexity index is 621. The Labute approximate surface area is 110 Å². The van der Waals surface area contributed by atoms with E-state index in [9.17, 15) is 9.18 Å². The van der Waals surface area contributed by atoms with Crippen molar-refractivity contribution in [3.63, 3.8) is 0 Å². The van der Waals surface area contributed by atoms with E-state index < -0.39 is 11.7 Å². The van der Waals surface area contributed by atoms with Crippen molar-refractivity contribution >= 4 is 11.6 Å². The van der Waals surface area contributed by atoms with Gasteiger partial charge in [-0.25, -0.2) is 4.39 Å². The highest BCUT2D eigenvalue weighted by atomic mass is 19.1. The van der Waals surface area contributed by atoms with Gasteiger partial charge in [0.1, 0.15) is 5.82 Å². The Kier molecular flexibility index (Phi) is 3.50. The summed E-state index contributed by atoms with van der Waals surface area (Å²) in [6.45, 7) is 2.16. The maximum Gasteiger partial charge on any atom is 0.254 e. The largest absolute Gasteiger partial charge is 0.399 e. The Morgan fingerprint density at radius 2 is 2.26 bits per heavy atom. The maximum absolute atomic E-state index is 13.6. The number of nitrogens with zero attached hydrogens (tertiary/aromatic N) is 2. The number of carbonyl (C=O) groups is 1. The van der Waals surface area contributed by atoms with Crippen LogP contribution in [0, 0.1) is 12.7 Å². The number of halogens is 1. The quantitative estimate of drug-likeness (QED) is 0.821. The molecule has 1 heterocycles. The van der Waals surface area contributed by atoms with Crippen LogP contribution in [0.1, 0.15) is 21.6 Å². The van der Waals surface area contributed by atoms with Crippen LogP contribution in [0.2, 0.25) is 0 Å². The number of aryl methyl sites for hydroxylation is 2. The Balaban J connectivity index is 2.07. The second-order valence-corrected chi connectivity index (χ2v) is 4.34. The number of benzene rings is 1. The van der Waals surface area contributed by atoms with E-state index in [4.69, 9.17) is 5.73 Å². The van der Waals surface area contributed by atoms with Crippen molar-refractivity contribution in [2.24, 2.45) is 7.05 Å². The molecule has 0 aliphatic carbocycles. The summed E-state index contributed by atoms with van der Waals surface area (Å²) in [5.41, 5.74) is 7.43. The van der Waals surface area contributed by atoms with Gasteiger partial charge in [-0.1, -0.05) is 0 Å². The molecule has 0 spiro atoms. The van der Waals surface area contributed by atoms with Crippen LogP contribution in [-0.2, 0) is 13.6 Å². The highest BCUT2D eigenvalue weighted by Crippen LogP contribution is 2.12. The van der Waals surface area contributed by atoms with Crippen molar-refractivity contribution in [1.82, 2.24) is 15.1 Å². The van der Waals surface area contributed by atoms with E-state index in [0.29, 0.717) is 6.54 Å². The molecule has 0 fully saturated rings. The summed E-state index contributed by atoms with van der Waals surface area (Å²) < 4.78 is 15.2. The van der Waals surface area contributed by atoms with E-state index in [1.165, 1.54) is 12.1 Å². The number of hydrogen-bond donors (Lipinski definition) is 2. The van der Waals surface area contributed by atoms with Crippen molar-refractivity contribution < 1.29 is 9.18 Å². The van der Waals surface area contributed by atoms with Crippen molar-refractivity contribution in [3.8, 4) is 0 Å².